The molecule has 2 rings (SSSR count). The summed E-state index contributed by atoms with van der Waals surface area (Å²) in [6.45, 7) is 2.68. The van der Waals surface area contributed by atoms with E-state index in [1.165, 1.54) is 4.88 Å². The van der Waals surface area contributed by atoms with E-state index in [-0.39, 0.29) is 0 Å². The summed E-state index contributed by atoms with van der Waals surface area (Å²) in [6.07, 6.45) is 0. The number of benzene rings is 1. The van der Waals surface area contributed by atoms with Gasteiger partial charge in [-0.25, -0.2) is 0 Å². The molecule has 2 aromatic rings. The molecular formula is C13H11Br3OS. The fourth-order valence-electron chi connectivity index (χ4n) is 1.68. The molecule has 1 heterocycles. The Hall–Kier alpha value is 0.160. The lowest BCUT2D eigenvalue weighted by Crippen LogP contribution is -1.98. The third kappa shape index (κ3) is 3.59. The second-order valence-corrected chi connectivity index (χ2v) is 7.86. The van der Waals surface area contributed by atoms with Gasteiger partial charge < -0.3 is 4.74 Å². The molecule has 18 heavy (non-hydrogen) atoms. The van der Waals surface area contributed by atoms with Crippen molar-refractivity contribution < 1.29 is 4.74 Å². The van der Waals surface area contributed by atoms with Crippen LogP contribution >= 0.6 is 59.1 Å². The predicted molar refractivity (Wildman–Crippen MR) is 87.9 cm³/mol. The number of aryl methyl sites for hydroxylation is 1. The van der Waals surface area contributed by atoms with E-state index in [1.807, 2.05) is 6.07 Å². The minimum absolute atomic E-state index is 0.610. The standard InChI is InChI=1S/C13H11Br3OS/c1-8-4-10(15)5-9(6-14)13(8)17-7-11-2-3-12(16)18-11/h2-5H,6-7H2,1H3. The summed E-state index contributed by atoms with van der Waals surface area (Å²) in [7, 11) is 0. The Balaban J connectivity index is 2.18. The molecule has 0 aliphatic rings. The van der Waals surface area contributed by atoms with Crippen LogP contribution in [-0.2, 0) is 11.9 Å². The van der Waals surface area contributed by atoms with E-state index in [1.54, 1.807) is 11.3 Å². The van der Waals surface area contributed by atoms with Crippen molar-refractivity contribution in [3.63, 3.8) is 0 Å². The number of halogens is 3. The fraction of sp³-hybridized carbons (Fsp3) is 0.231. The van der Waals surface area contributed by atoms with E-state index in [9.17, 15) is 0 Å². The molecule has 0 amide bonds. The first kappa shape index (κ1) is 14.6. The molecule has 0 saturated heterocycles. The van der Waals surface area contributed by atoms with E-state index >= 15 is 0 Å². The Morgan fingerprint density at radius 3 is 2.61 bits per heavy atom. The highest BCUT2D eigenvalue weighted by atomic mass is 79.9. The Morgan fingerprint density at radius 2 is 2.00 bits per heavy atom. The Morgan fingerprint density at radius 1 is 1.22 bits per heavy atom. The highest BCUT2D eigenvalue weighted by Crippen LogP contribution is 2.31. The van der Waals surface area contributed by atoms with Crippen LogP contribution in [-0.4, -0.2) is 0 Å². The molecule has 5 heteroatoms. The molecule has 0 spiro atoms. The molecule has 0 bridgehead atoms. The van der Waals surface area contributed by atoms with Crippen LogP contribution in [0.25, 0.3) is 0 Å². The number of hydrogen-bond acceptors (Lipinski definition) is 2. The zero-order valence-corrected chi connectivity index (χ0v) is 15.2. The van der Waals surface area contributed by atoms with E-state index < -0.39 is 0 Å². The van der Waals surface area contributed by atoms with Crippen molar-refractivity contribution in [2.45, 2.75) is 18.9 Å². The summed E-state index contributed by atoms with van der Waals surface area (Å²) < 4.78 is 8.17. The minimum Gasteiger partial charge on any atom is -0.487 e. The van der Waals surface area contributed by atoms with Gasteiger partial charge in [0.05, 0.1) is 3.79 Å². The fourth-order valence-corrected chi connectivity index (χ4v) is 4.11. The van der Waals surface area contributed by atoms with Crippen LogP contribution < -0.4 is 4.74 Å². The van der Waals surface area contributed by atoms with Gasteiger partial charge in [-0.15, -0.1) is 11.3 Å². The highest BCUT2D eigenvalue weighted by molar-refractivity contribution is 9.11. The average Bonchev–Trinajstić information content (AvgIpc) is 2.73. The largest absolute Gasteiger partial charge is 0.487 e. The SMILES string of the molecule is Cc1cc(Br)cc(CBr)c1OCc1ccc(Br)s1. The van der Waals surface area contributed by atoms with Gasteiger partial charge in [-0.3, -0.25) is 0 Å². The van der Waals surface area contributed by atoms with Gasteiger partial charge in [0.1, 0.15) is 12.4 Å². The number of alkyl halides is 1. The maximum Gasteiger partial charge on any atom is 0.126 e. The third-order valence-electron chi connectivity index (χ3n) is 2.45. The van der Waals surface area contributed by atoms with Crippen LogP contribution in [0.15, 0.2) is 32.5 Å². The Labute approximate surface area is 136 Å². The van der Waals surface area contributed by atoms with Crippen LogP contribution in [0, 0.1) is 6.92 Å². The average molecular weight is 455 g/mol. The molecule has 0 aliphatic carbocycles. The summed E-state index contributed by atoms with van der Waals surface area (Å²) in [5.74, 6) is 0.972. The van der Waals surface area contributed by atoms with Gasteiger partial charge in [-0.2, -0.15) is 0 Å². The molecule has 1 aromatic heterocycles. The van der Waals surface area contributed by atoms with Gasteiger partial charge in [-0.1, -0.05) is 31.9 Å². The van der Waals surface area contributed by atoms with E-state index in [0.29, 0.717) is 6.61 Å². The molecule has 0 unspecified atom stereocenters. The second kappa shape index (κ2) is 6.55. The van der Waals surface area contributed by atoms with Crippen LogP contribution in [0.3, 0.4) is 0 Å². The molecule has 0 atom stereocenters. The van der Waals surface area contributed by atoms with Crippen molar-refractivity contribution in [3.8, 4) is 5.75 Å². The number of thiophene rings is 1. The highest BCUT2D eigenvalue weighted by Gasteiger charge is 2.09. The van der Waals surface area contributed by atoms with Crippen molar-refractivity contribution >= 4 is 59.1 Å². The van der Waals surface area contributed by atoms with Crippen molar-refractivity contribution in [1.29, 1.82) is 0 Å². The van der Waals surface area contributed by atoms with Crippen LogP contribution in [0.4, 0.5) is 0 Å². The van der Waals surface area contributed by atoms with Crippen molar-refractivity contribution in [1.82, 2.24) is 0 Å². The van der Waals surface area contributed by atoms with Gasteiger partial charge in [0.2, 0.25) is 0 Å². The predicted octanol–water partition coefficient (Wildman–Crippen LogP) is 6.06. The molecule has 1 nitrogen and oxygen atoms in total. The quantitative estimate of drug-likeness (QED) is 0.510. The van der Waals surface area contributed by atoms with E-state index in [4.69, 9.17) is 4.74 Å². The van der Waals surface area contributed by atoms with Gasteiger partial charge in [0, 0.05) is 20.2 Å². The Kier molecular flexibility index (Phi) is 5.30. The topological polar surface area (TPSA) is 9.23 Å². The number of hydrogen-bond donors (Lipinski definition) is 0. The molecule has 0 radical (unpaired) electrons. The molecule has 0 N–H and O–H groups in total. The van der Waals surface area contributed by atoms with Gasteiger partial charge >= 0.3 is 0 Å². The lowest BCUT2D eigenvalue weighted by atomic mass is 10.1. The first-order chi connectivity index (χ1) is 8.60. The van der Waals surface area contributed by atoms with E-state index in [0.717, 1.165) is 30.5 Å². The smallest absolute Gasteiger partial charge is 0.126 e. The first-order valence-electron chi connectivity index (χ1n) is 5.32. The van der Waals surface area contributed by atoms with E-state index in [2.05, 4.69) is 72.9 Å². The first-order valence-corrected chi connectivity index (χ1v) is 8.84. The van der Waals surface area contributed by atoms with Crippen LogP contribution in [0.1, 0.15) is 16.0 Å². The summed E-state index contributed by atoms with van der Waals surface area (Å²) >= 11 is 12.2. The lowest BCUT2D eigenvalue weighted by molar-refractivity contribution is 0.305. The van der Waals surface area contributed by atoms with Gasteiger partial charge in [0.25, 0.3) is 0 Å². The second-order valence-electron chi connectivity index (χ2n) is 3.84. The maximum atomic E-state index is 5.95. The molecule has 0 fully saturated rings. The van der Waals surface area contributed by atoms with Crippen LogP contribution in [0.5, 0.6) is 5.75 Å². The molecule has 1 aromatic carbocycles. The lowest BCUT2D eigenvalue weighted by Gasteiger charge is -2.13. The monoisotopic (exact) mass is 452 g/mol. The summed E-state index contributed by atoms with van der Waals surface area (Å²) in [4.78, 5) is 1.21. The summed E-state index contributed by atoms with van der Waals surface area (Å²) in [6, 6.07) is 8.28. The van der Waals surface area contributed by atoms with Gasteiger partial charge in [-0.05, 0) is 52.7 Å². The molecular weight excluding hydrogens is 444 g/mol. The normalized spacial score (nSPS) is 10.7. The zero-order valence-electron chi connectivity index (χ0n) is 9.67. The van der Waals surface area contributed by atoms with Crippen LogP contribution in [0.2, 0.25) is 0 Å². The minimum atomic E-state index is 0.610. The maximum absolute atomic E-state index is 5.95. The van der Waals surface area contributed by atoms with Gasteiger partial charge in [0.15, 0.2) is 0 Å². The van der Waals surface area contributed by atoms with Crippen molar-refractivity contribution in [2.75, 3.05) is 0 Å². The molecule has 96 valence electrons. The Bertz CT molecular complexity index is 551. The third-order valence-corrected chi connectivity index (χ3v) is 5.11. The molecule has 0 aliphatic heterocycles. The van der Waals surface area contributed by atoms with Crippen molar-refractivity contribution in [3.05, 3.63) is 48.5 Å². The van der Waals surface area contributed by atoms with Crippen molar-refractivity contribution in [2.24, 2.45) is 0 Å². The summed E-state index contributed by atoms with van der Waals surface area (Å²) in [5.41, 5.74) is 2.31. The summed E-state index contributed by atoms with van der Waals surface area (Å²) in [5, 5.41) is 0.788. The molecule has 0 saturated carbocycles. The number of rotatable bonds is 4. The number of ether oxygens (including phenoxy) is 1. The zero-order chi connectivity index (χ0) is 13.1.